The highest BCUT2D eigenvalue weighted by atomic mass is 32.2. The summed E-state index contributed by atoms with van der Waals surface area (Å²) < 4.78 is 17.0. The number of amides is 1. The number of halogens is 1. The molecule has 1 saturated heterocycles. The zero-order valence-electron chi connectivity index (χ0n) is 17.9. The van der Waals surface area contributed by atoms with Crippen molar-refractivity contribution in [2.45, 2.75) is 33.7 Å². The van der Waals surface area contributed by atoms with Crippen LogP contribution in [0.5, 0.6) is 0 Å². The molecule has 2 aromatic carbocycles. The maximum Gasteiger partial charge on any atom is 0.266 e. The van der Waals surface area contributed by atoms with Crippen LogP contribution in [0.2, 0.25) is 0 Å². The molecular weight excluding hydrogens is 427 g/mol. The molecule has 1 aliphatic rings. The summed E-state index contributed by atoms with van der Waals surface area (Å²) in [6, 6.07) is 13.1. The molecule has 6 heteroatoms. The maximum absolute atomic E-state index is 14.3. The molecule has 0 bridgehead atoms. The summed E-state index contributed by atoms with van der Waals surface area (Å²) in [4.78, 5) is 15.3. The number of benzene rings is 2. The van der Waals surface area contributed by atoms with Gasteiger partial charge >= 0.3 is 0 Å². The Balaban J connectivity index is 1.79. The Labute approximate surface area is 191 Å². The fourth-order valence-corrected chi connectivity index (χ4v) is 5.23. The molecule has 1 amide bonds. The first-order valence-electron chi connectivity index (χ1n) is 10.5. The molecule has 0 saturated carbocycles. The van der Waals surface area contributed by atoms with E-state index in [0.29, 0.717) is 33.8 Å². The van der Waals surface area contributed by atoms with Crippen LogP contribution in [-0.4, -0.2) is 26.2 Å². The molecule has 0 atom stereocenters. The van der Waals surface area contributed by atoms with Gasteiger partial charge in [-0.2, -0.15) is 0 Å². The van der Waals surface area contributed by atoms with E-state index in [1.807, 2.05) is 30.5 Å². The molecule has 0 spiro atoms. The standard InChI is InChI=1S/C25H25FN2OS2/c1-4-17-9-7-10-20-19(12-22-24(29)28(13-16(2)3)25(30)31-22)15-27(23(17)20)14-18-8-5-6-11-21(18)26/h5-12,15-16H,4,13-14H2,1-3H3/b22-12-. The summed E-state index contributed by atoms with van der Waals surface area (Å²) in [5.41, 5.74) is 3.87. The van der Waals surface area contributed by atoms with Crippen molar-refractivity contribution < 1.29 is 9.18 Å². The van der Waals surface area contributed by atoms with Crippen molar-refractivity contribution in [3.63, 3.8) is 0 Å². The first kappa shape index (κ1) is 21.8. The van der Waals surface area contributed by atoms with E-state index in [0.717, 1.165) is 22.9 Å². The molecule has 1 aromatic heterocycles. The van der Waals surface area contributed by atoms with Crippen molar-refractivity contribution in [2.24, 2.45) is 5.92 Å². The maximum atomic E-state index is 14.3. The van der Waals surface area contributed by atoms with Gasteiger partial charge in [-0.15, -0.1) is 0 Å². The number of rotatable bonds is 6. The zero-order valence-corrected chi connectivity index (χ0v) is 19.5. The molecule has 0 aliphatic carbocycles. The number of thioether (sulfide) groups is 1. The normalized spacial score (nSPS) is 15.8. The number of carbonyl (C=O) groups excluding carboxylic acids is 1. The number of carbonyl (C=O) groups is 1. The second-order valence-electron chi connectivity index (χ2n) is 8.16. The van der Waals surface area contributed by atoms with Gasteiger partial charge in [-0.25, -0.2) is 4.39 Å². The van der Waals surface area contributed by atoms with E-state index in [2.05, 4.69) is 37.5 Å². The van der Waals surface area contributed by atoms with Crippen LogP contribution >= 0.6 is 24.0 Å². The molecule has 4 rings (SSSR count). The Kier molecular flexibility index (Phi) is 6.30. The highest BCUT2D eigenvalue weighted by Crippen LogP contribution is 2.35. The predicted octanol–water partition coefficient (Wildman–Crippen LogP) is 6.25. The van der Waals surface area contributed by atoms with Crippen LogP contribution in [0.15, 0.2) is 53.6 Å². The molecule has 3 aromatic rings. The van der Waals surface area contributed by atoms with Gasteiger partial charge in [0.05, 0.1) is 17.0 Å². The summed E-state index contributed by atoms with van der Waals surface area (Å²) in [5, 5.41) is 1.06. The third-order valence-electron chi connectivity index (χ3n) is 5.40. The Bertz CT molecular complexity index is 1200. The Morgan fingerprint density at radius 2 is 1.87 bits per heavy atom. The van der Waals surface area contributed by atoms with E-state index >= 15 is 0 Å². The minimum Gasteiger partial charge on any atom is -0.342 e. The molecule has 31 heavy (non-hydrogen) atoms. The van der Waals surface area contributed by atoms with Crippen LogP contribution in [0.4, 0.5) is 4.39 Å². The third-order valence-corrected chi connectivity index (χ3v) is 6.78. The third kappa shape index (κ3) is 4.32. The number of nitrogens with zero attached hydrogens (tertiary/aromatic N) is 2. The van der Waals surface area contributed by atoms with Gasteiger partial charge in [-0.3, -0.25) is 9.69 Å². The Morgan fingerprint density at radius 1 is 1.13 bits per heavy atom. The smallest absolute Gasteiger partial charge is 0.266 e. The number of para-hydroxylation sites is 1. The molecule has 2 heterocycles. The number of hydrogen-bond donors (Lipinski definition) is 0. The summed E-state index contributed by atoms with van der Waals surface area (Å²) in [7, 11) is 0. The van der Waals surface area contributed by atoms with Crippen molar-refractivity contribution in [2.75, 3.05) is 6.54 Å². The van der Waals surface area contributed by atoms with Crippen LogP contribution in [-0.2, 0) is 17.8 Å². The Morgan fingerprint density at radius 3 is 2.58 bits per heavy atom. The van der Waals surface area contributed by atoms with Gasteiger partial charge < -0.3 is 4.57 Å². The number of aryl methyl sites for hydroxylation is 1. The lowest BCUT2D eigenvalue weighted by Crippen LogP contribution is -2.31. The first-order valence-corrected chi connectivity index (χ1v) is 11.7. The van der Waals surface area contributed by atoms with E-state index in [1.165, 1.54) is 23.4 Å². The monoisotopic (exact) mass is 452 g/mol. The van der Waals surface area contributed by atoms with Crippen LogP contribution in [0.1, 0.15) is 37.5 Å². The molecule has 0 N–H and O–H groups in total. The highest BCUT2D eigenvalue weighted by Gasteiger charge is 2.32. The minimum absolute atomic E-state index is 0.0367. The molecule has 1 fully saturated rings. The molecule has 160 valence electrons. The van der Waals surface area contributed by atoms with Crippen LogP contribution in [0.3, 0.4) is 0 Å². The van der Waals surface area contributed by atoms with E-state index in [9.17, 15) is 9.18 Å². The van der Waals surface area contributed by atoms with Crippen molar-refractivity contribution in [3.05, 3.63) is 76.1 Å². The summed E-state index contributed by atoms with van der Waals surface area (Å²) in [6.45, 7) is 7.32. The van der Waals surface area contributed by atoms with Gasteiger partial charge in [0.1, 0.15) is 10.1 Å². The lowest BCUT2D eigenvalue weighted by Gasteiger charge is -2.16. The molecule has 0 radical (unpaired) electrons. The highest BCUT2D eigenvalue weighted by molar-refractivity contribution is 8.26. The lowest BCUT2D eigenvalue weighted by atomic mass is 10.1. The lowest BCUT2D eigenvalue weighted by molar-refractivity contribution is -0.122. The second-order valence-corrected chi connectivity index (χ2v) is 9.83. The van der Waals surface area contributed by atoms with Crippen LogP contribution in [0, 0.1) is 11.7 Å². The van der Waals surface area contributed by atoms with Gasteiger partial charge in [0.25, 0.3) is 5.91 Å². The molecular formula is C25H25FN2OS2. The van der Waals surface area contributed by atoms with Gasteiger partial charge in [0.2, 0.25) is 0 Å². The van der Waals surface area contributed by atoms with E-state index in [4.69, 9.17) is 12.2 Å². The minimum atomic E-state index is -0.213. The Hall–Kier alpha value is -2.44. The number of fused-ring (bicyclic) bond motifs is 1. The summed E-state index contributed by atoms with van der Waals surface area (Å²) in [5.74, 6) is 0.0939. The predicted molar refractivity (Wildman–Crippen MR) is 132 cm³/mol. The summed E-state index contributed by atoms with van der Waals surface area (Å²) >= 11 is 6.80. The van der Waals surface area contributed by atoms with Crippen molar-refractivity contribution in [3.8, 4) is 0 Å². The zero-order chi connectivity index (χ0) is 22.1. The van der Waals surface area contributed by atoms with Gasteiger partial charge in [-0.1, -0.05) is 81.1 Å². The SMILES string of the molecule is CCc1cccc2c(/C=C3\SC(=S)N(CC(C)C)C3=O)cn(Cc3ccccc3F)c12. The fourth-order valence-electron chi connectivity index (χ4n) is 3.96. The van der Waals surface area contributed by atoms with Gasteiger partial charge in [-0.05, 0) is 30.0 Å². The van der Waals surface area contributed by atoms with Crippen LogP contribution < -0.4 is 0 Å². The van der Waals surface area contributed by atoms with Crippen molar-refractivity contribution >= 4 is 51.2 Å². The fraction of sp³-hybridized carbons (Fsp3) is 0.280. The number of hydrogen-bond acceptors (Lipinski definition) is 3. The molecule has 3 nitrogen and oxygen atoms in total. The second kappa shape index (κ2) is 8.97. The quantitative estimate of drug-likeness (QED) is 0.327. The molecule has 1 aliphatic heterocycles. The average molecular weight is 453 g/mol. The first-order chi connectivity index (χ1) is 14.9. The number of thiocarbonyl (C=S) groups is 1. The van der Waals surface area contributed by atoms with E-state index < -0.39 is 0 Å². The van der Waals surface area contributed by atoms with E-state index in [1.54, 1.807) is 11.0 Å². The van der Waals surface area contributed by atoms with E-state index in [-0.39, 0.29) is 11.7 Å². The summed E-state index contributed by atoms with van der Waals surface area (Å²) in [6.07, 6.45) is 4.82. The van der Waals surface area contributed by atoms with Crippen LogP contribution in [0.25, 0.3) is 17.0 Å². The largest absolute Gasteiger partial charge is 0.342 e. The topological polar surface area (TPSA) is 25.2 Å². The van der Waals surface area contributed by atoms with Crippen molar-refractivity contribution in [1.82, 2.24) is 9.47 Å². The van der Waals surface area contributed by atoms with Gasteiger partial charge in [0.15, 0.2) is 0 Å². The molecule has 0 unspecified atom stereocenters. The van der Waals surface area contributed by atoms with Crippen molar-refractivity contribution in [1.29, 1.82) is 0 Å². The average Bonchev–Trinajstić information content (AvgIpc) is 3.22. The van der Waals surface area contributed by atoms with Gasteiger partial charge in [0, 0.05) is 29.3 Å². The number of aromatic nitrogens is 1.